The number of rotatable bonds is 4. The average Bonchev–Trinajstić information content (AvgIpc) is 2.18. The van der Waals surface area contributed by atoms with Gasteiger partial charge in [-0.2, -0.15) is 0 Å². The molecule has 0 saturated carbocycles. The number of aliphatic hydroxyl groups is 1. The van der Waals surface area contributed by atoms with Crippen LogP contribution in [0, 0.1) is 0 Å². The summed E-state index contributed by atoms with van der Waals surface area (Å²) < 4.78 is 44.3. The first-order chi connectivity index (χ1) is 7.74. The van der Waals surface area contributed by atoms with Crippen molar-refractivity contribution in [3.8, 4) is 0 Å². The number of hydrogen-bond acceptors (Lipinski definition) is 9. The second-order valence-electron chi connectivity index (χ2n) is 3.00. The van der Waals surface area contributed by atoms with Crippen molar-refractivity contribution in [3.63, 3.8) is 0 Å². The van der Waals surface area contributed by atoms with Crippen LogP contribution in [0.2, 0.25) is 0 Å². The fraction of sp³-hybridized carbons (Fsp3) is 0.571. The van der Waals surface area contributed by atoms with E-state index in [4.69, 9.17) is 0 Å². The van der Waals surface area contributed by atoms with Crippen molar-refractivity contribution in [2.24, 2.45) is 0 Å². The molecule has 0 bridgehead atoms. The first-order valence-electron chi connectivity index (χ1n) is 4.19. The molecule has 1 aliphatic rings. The van der Waals surface area contributed by atoms with Gasteiger partial charge in [-0.1, -0.05) is 0 Å². The van der Waals surface area contributed by atoms with Gasteiger partial charge in [-0.3, -0.25) is 4.18 Å². The van der Waals surface area contributed by atoms with Crippen LogP contribution in [0.25, 0.3) is 0 Å². The molecule has 0 aromatic rings. The molecule has 3 atom stereocenters. The molecule has 1 heterocycles. The Labute approximate surface area is 153 Å². The normalized spacial score (nSPS) is 26.3. The Morgan fingerprint density at radius 1 is 1.47 bits per heavy atom. The first-order valence-corrected chi connectivity index (χ1v) is 5.52. The summed E-state index contributed by atoms with van der Waals surface area (Å²) in [7, 11) is -4.05. The Morgan fingerprint density at radius 2 is 2.00 bits per heavy atom. The number of carbonyl (C=O) groups is 1. The van der Waals surface area contributed by atoms with Crippen LogP contribution >= 0.6 is 0 Å². The molecule has 1 N–H and O–H groups in total. The molecule has 98 valence electrons. The molecule has 0 amide bonds. The van der Waals surface area contributed by atoms with E-state index in [1.54, 1.807) is 0 Å². The minimum absolute atomic E-state index is 0. The summed E-state index contributed by atoms with van der Waals surface area (Å²) in [6, 6.07) is 0. The van der Waals surface area contributed by atoms with Gasteiger partial charge in [0.15, 0.2) is 6.10 Å². The Hall–Kier alpha value is 0.800. The van der Waals surface area contributed by atoms with Crippen LogP contribution in [0.5, 0.6) is 0 Å². The molecule has 0 spiro atoms. The number of carboxylic acids is 1. The summed E-state index contributed by atoms with van der Waals surface area (Å²) >= 11 is 0. The molecule has 9 nitrogen and oxygen atoms in total. The van der Waals surface area contributed by atoms with Gasteiger partial charge in [-0.15, -0.1) is 0 Å². The number of hydrogen-bond donors (Lipinski definition) is 1. The standard InChI is InChI=1S/C7H10O9S.2Na/c1-14-7-5(16-17(11,12)13)3(8)2-4(15-7)6(9)10;;/h2-3,5,7-8H,1H3,(H,9,10)(H,11,12,13);;/q;2*+1/p-2/t3-,5+,7+;;/m0../s1. The summed E-state index contributed by atoms with van der Waals surface area (Å²) in [6.07, 6.45) is -4.32. The number of methoxy groups -OCH3 is 1. The fourth-order valence-electron chi connectivity index (χ4n) is 1.18. The number of ether oxygens (including phenoxy) is 2. The van der Waals surface area contributed by atoms with Crippen LogP contribution in [0.1, 0.15) is 0 Å². The molecule has 0 fully saturated rings. The third-order valence-corrected chi connectivity index (χ3v) is 2.29. The van der Waals surface area contributed by atoms with Gasteiger partial charge in [-0.05, 0) is 6.08 Å². The molecular weight excluding hydrogens is 306 g/mol. The summed E-state index contributed by atoms with van der Waals surface area (Å²) in [5.74, 6) is -2.47. The van der Waals surface area contributed by atoms with Crippen molar-refractivity contribution >= 4 is 16.4 Å². The minimum Gasteiger partial charge on any atom is -0.726 e. The summed E-state index contributed by atoms with van der Waals surface area (Å²) in [6.45, 7) is 0. The van der Waals surface area contributed by atoms with Crippen molar-refractivity contribution < 1.29 is 101 Å². The molecule has 0 unspecified atom stereocenters. The zero-order valence-electron chi connectivity index (χ0n) is 10.4. The Kier molecular flexibility index (Phi) is 10.4. The summed E-state index contributed by atoms with van der Waals surface area (Å²) in [5.41, 5.74) is 0. The van der Waals surface area contributed by atoms with E-state index in [-0.39, 0.29) is 59.1 Å². The number of carbonyl (C=O) groups excluding carboxylic acids is 1. The molecule has 0 aromatic heterocycles. The van der Waals surface area contributed by atoms with Crippen LogP contribution in [0.4, 0.5) is 0 Å². The maximum atomic E-state index is 10.5. The molecule has 0 saturated heterocycles. The van der Waals surface area contributed by atoms with Gasteiger partial charge in [0.1, 0.15) is 17.8 Å². The van der Waals surface area contributed by atoms with E-state index in [9.17, 15) is 28.0 Å². The van der Waals surface area contributed by atoms with E-state index >= 15 is 0 Å². The second kappa shape index (κ2) is 8.95. The number of aliphatic hydroxyl groups excluding tert-OH is 1. The molecule has 0 aliphatic carbocycles. The van der Waals surface area contributed by atoms with E-state index in [1.807, 2.05) is 0 Å². The summed E-state index contributed by atoms with van der Waals surface area (Å²) in [4.78, 5) is 10.5. The van der Waals surface area contributed by atoms with Gasteiger partial charge in [0.05, 0.1) is 0 Å². The zero-order valence-corrected chi connectivity index (χ0v) is 15.2. The van der Waals surface area contributed by atoms with Crippen molar-refractivity contribution in [1.29, 1.82) is 0 Å². The average molecular weight is 314 g/mol. The van der Waals surface area contributed by atoms with Gasteiger partial charge in [-0.25, -0.2) is 8.42 Å². The van der Waals surface area contributed by atoms with Crippen LogP contribution in [0.15, 0.2) is 11.8 Å². The third-order valence-electron chi connectivity index (χ3n) is 1.83. The van der Waals surface area contributed by atoms with Crippen LogP contribution in [0.3, 0.4) is 0 Å². The van der Waals surface area contributed by atoms with E-state index < -0.39 is 40.6 Å². The predicted molar refractivity (Wildman–Crippen MR) is 45.5 cm³/mol. The van der Waals surface area contributed by atoms with E-state index in [1.165, 1.54) is 0 Å². The molecule has 1 aliphatic heterocycles. The van der Waals surface area contributed by atoms with Gasteiger partial charge in [0.25, 0.3) is 0 Å². The van der Waals surface area contributed by atoms with Gasteiger partial charge < -0.3 is 29.0 Å². The Bertz CT molecular complexity index is 434. The van der Waals surface area contributed by atoms with Crippen LogP contribution < -0.4 is 64.2 Å². The van der Waals surface area contributed by atoms with E-state index in [2.05, 4.69) is 13.7 Å². The quantitative estimate of drug-likeness (QED) is 0.303. The molecule has 0 radical (unpaired) electrons. The molecule has 0 aromatic carbocycles. The third kappa shape index (κ3) is 6.87. The van der Waals surface area contributed by atoms with Gasteiger partial charge in [0.2, 0.25) is 16.7 Å². The molecule has 1 rings (SSSR count). The van der Waals surface area contributed by atoms with Crippen molar-refractivity contribution in [2.45, 2.75) is 18.5 Å². The molecular formula is C7H8Na2O9S. The van der Waals surface area contributed by atoms with E-state index in [0.29, 0.717) is 6.08 Å². The van der Waals surface area contributed by atoms with Crippen molar-refractivity contribution in [3.05, 3.63) is 11.8 Å². The largest absolute Gasteiger partial charge is 1.00 e. The SMILES string of the molecule is CO[C@@H]1OC(C(=O)[O-])=C[C@H](O)[C@H]1OS(=O)(=O)[O-].[Na+].[Na+]. The van der Waals surface area contributed by atoms with Gasteiger partial charge >= 0.3 is 59.1 Å². The van der Waals surface area contributed by atoms with Crippen LogP contribution in [-0.4, -0.2) is 49.7 Å². The summed E-state index contributed by atoms with van der Waals surface area (Å²) in [5, 5.41) is 19.9. The smallest absolute Gasteiger partial charge is 0.726 e. The van der Waals surface area contributed by atoms with Gasteiger partial charge in [0, 0.05) is 7.11 Å². The van der Waals surface area contributed by atoms with Crippen molar-refractivity contribution in [1.82, 2.24) is 0 Å². The maximum Gasteiger partial charge on any atom is 1.00 e. The maximum absolute atomic E-state index is 10.5. The fourth-order valence-corrected chi connectivity index (χ4v) is 1.66. The predicted octanol–water partition coefficient (Wildman–Crippen LogP) is -9.16. The number of aliphatic carboxylic acids is 1. The molecule has 12 heteroatoms. The monoisotopic (exact) mass is 314 g/mol. The van der Waals surface area contributed by atoms with Crippen molar-refractivity contribution in [2.75, 3.05) is 7.11 Å². The van der Waals surface area contributed by atoms with Crippen LogP contribution in [-0.2, 0) is 28.9 Å². The molecule has 19 heavy (non-hydrogen) atoms. The topological polar surface area (TPSA) is 145 Å². The minimum atomic E-state index is -5.10. The second-order valence-corrected chi connectivity index (χ2v) is 4.01. The Morgan fingerprint density at radius 3 is 2.37 bits per heavy atom. The van der Waals surface area contributed by atoms with E-state index in [0.717, 1.165) is 7.11 Å². The zero-order chi connectivity index (χ0) is 13.2. The number of carboxylic acid groups (broad SMARTS) is 1. The Balaban J connectivity index is 0. The first kappa shape index (κ1) is 22.1.